The summed E-state index contributed by atoms with van der Waals surface area (Å²) in [5.74, 6) is -0.806. The second-order valence-electron chi connectivity index (χ2n) is 4.25. The van der Waals surface area contributed by atoms with E-state index in [0.29, 0.717) is 0 Å². The SMILES string of the molecule is COC[C@H]1O[C@@H](n2cnc(C(N)=O)c2N)[C@@H](O)C1O. The van der Waals surface area contributed by atoms with Crippen molar-refractivity contribution in [2.45, 2.75) is 24.5 Å². The Hall–Kier alpha value is -1.68. The predicted molar refractivity (Wildman–Crippen MR) is 63.0 cm³/mol. The molecule has 0 aromatic carbocycles. The first-order valence-electron chi connectivity index (χ1n) is 5.60. The average molecular weight is 272 g/mol. The first-order chi connectivity index (χ1) is 8.97. The predicted octanol–water partition coefficient (Wildman–Crippen LogP) is -2.17. The number of imidazole rings is 1. The van der Waals surface area contributed by atoms with Crippen molar-refractivity contribution in [1.29, 1.82) is 0 Å². The Morgan fingerprint density at radius 3 is 2.79 bits per heavy atom. The van der Waals surface area contributed by atoms with Crippen molar-refractivity contribution in [1.82, 2.24) is 9.55 Å². The highest BCUT2D eigenvalue weighted by Gasteiger charge is 2.44. The van der Waals surface area contributed by atoms with Crippen LogP contribution >= 0.6 is 0 Å². The minimum atomic E-state index is -1.21. The minimum Gasteiger partial charge on any atom is -0.387 e. The Bertz CT molecular complexity index is 476. The number of methoxy groups -OCH3 is 1. The number of carbonyl (C=O) groups excluding carboxylic acids is 1. The third-order valence-corrected chi connectivity index (χ3v) is 3.01. The molecule has 1 saturated heterocycles. The summed E-state index contributed by atoms with van der Waals surface area (Å²) in [7, 11) is 1.45. The molecule has 0 spiro atoms. The Balaban J connectivity index is 2.25. The number of hydrogen-bond acceptors (Lipinski definition) is 7. The van der Waals surface area contributed by atoms with Crippen molar-refractivity contribution in [2.75, 3.05) is 19.5 Å². The second kappa shape index (κ2) is 5.13. The molecule has 9 nitrogen and oxygen atoms in total. The summed E-state index contributed by atoms with van der Waals surface area (Å²) < 4.78 is 11.6. The molecule has 1 unspecified atom stereocenters. The van der Waals surface area contributed by atoms with Crippen LogP contribution in [0.2, 0.25) is 0 Å². The fourth-order valence-electron chi connectivity index (χ4n) is 2.02. The fourth-order valence-corrected chi connectivity index (χ4v) is 2.02. The molecule has 2 rings (SSSR count). The summed E-state index contributed by atoms with van der Waals surface area (Å²) in [6.07, 6.45) is -2.74. The van der Waals surface area contributed by atoms with Gasteiger partial charge in [-0.15, -0.1) is 0 Å². The van der Waals surface area contributed by atoms with E-state index in [1.165, 1.54) is 18.0 Å². The van der Waals surface area contributed by atoms with Gasteiger partial charge < -0.3 is 31.2 Å². The van der Waals surface area contributed by atoms with Crippen molar-refractivity contribution in [3.63, 3.8) is 0 Å². The zero-order chi connectivity index (χ0) is 14.2. The number of nitrogens with zero attached hydrogens (tertiary/aromatic N) is 2. The Morgan fingerprint density at radius 2 is 2.26 bits per heavy atom. The molecule has 6 N–H and O–H groups in total. The summed E-state index contributed by atoms with van der Waals surface area (Å²) >= 11 is 0. The molecule has 0 radical (unpaired) electrons. The number of nitrogen functional groups attached to an aromatic ring is 1. The molecular weight excluding hydrogens is 256 g/mol. The maximum absolute atomic E-state index is 11.1. The molecule has 1 aliphatic rings. The number of primary amides is 1. The molecule has 2 heterocycles. The van der Waals surface area contributed by atoms with Gasteiger partial charge in [-0.25, -0.2) is 4.98 Å². The molecule has 1 aromatic rings. The molecule has 1 amide bonds. The highest BCUT2D eigenvalue weighted by Crippen LogP contribution is 2.31. The van der Waals surface area contributed by atoms with E-state index in [-0.39, 0.29) is 18.1 Å². The van der Waals surface area contributed by atoms with Crippen LogP contribution < -0.4 is 11.5 Å². The number of rotatable bonds is 4. The van der Waals surface area contributed by atoms with E-state index in [1.807, 2.05) is 0 Å². The lowest BCUT2D eigenvalue weighted by atomic mass is 10.1. The van der Waals surface area contributed by atoms with Gasteiger partial charge in [0.1, 0.15) is 24.1 Å². The minimum absolute atomic E-state index is 0.0261. The van der Waals surface area contributed by atoms with Crippen LogP contribution in [0.4, 0.5) is 5.82 Å². The van der Waals surface area contributed by atoms with E-state index in [2.05, 4.69) is 4.98 Å². The lowest BCUT2D eigenvalue weighted by Crippen LogP contribution is -2.33. The molecule has 9 heteroatoms. The number of aliphatic hydroxyl groups is 2. The van der Waals surface area contributed by atoms with E-state index in [1.54, 1.807) is 0 Å². The van der Waals surface area contributed by atoms with Gasteiger partial charge >= 0.3 is 0 Å². The van der Waals surface area contributed by atoms with Crippen molar-refractivity contribution in [3.8, 4) is 0 Å². The highest BCUT2D eigenvalue weighted by atomic mass is 16.6. The molecule has 0 bridgehead atoms. The van der Waals surface area contributed by atoms with Gasteiger partial charge in [-0.05, 0) is 0 Å². The van der Waals surface area contributed by atoms with Crippen molar-refractivity contribution in [3.05, 3.63) is 12.0 Å². The van der Waals surface area contributed by atoms with Crippen LogP contribution in [0.1, 0.15) is 16.7 Å². The van der Waals surface area contributed by atoms with E-state index in [4.69, 9.17) is 20.9 Å². The first-order valence-corrected chi connectivity index (χ1v) is 5.60. The zero-order valence-corrected chi connectivity index (χ0v) is 10.3. The van der Waals surface area contributed by atoms with Crippen LogP contribution in [0.3, 0.4) is 0 Å². The van der Waals surface area contributed by atoms with Gasteiger partial charge in [0.05, 0.1) is 12.9 Å². The summed E-state index contributed by atoms with van der Waals surface area (Å²) in [6, 6.07) is 0. The molecule has 19 heavy (non-hydrogen) atoms. The number of ether oxygens (including phenoxy) is 2. The largest absolute Gasteiger partial charge is 0.387 e. The Morgan fingerprint density at radius 1 is 1.58 bits per heavy atom. The zero-order valence-electron chi connectivity index (χ0n) is 10.3. The first kappa shape index (κ1) is 13.7. The third kappa shape index (κ3) is 2.28. The Kier molecular flexibility index (Phi) is 3.71. The van der Waals surface area contributed by atoms with Gasteiger partial charge in [0, 0.05) is 7.11 Å². The standard InChI is InChI=1S/C10H16N4O5/c1-18-2-4-6(15)7(16)10(19-4)14-3-13-5(8(14)11)9(12)17/h3-4,6-7,10,15-16H,2,11H2,1H3,(H2,12,17)/t4-,6?,7+,10-/m1/s1. The molecule has 0 saturated carbocycles. The van der Waals surface area contributed by atoms with Crippen LogP contribution in [-0.4, -0.2) is 57.7 Å². The average Bonchev–Trinajstić information content (AvgIpc) is 2.85. The van der Waals surface area contributed by atoms with E-state index in [0.717, 1.165) is 0 Å². The summed E-state index contributed by atoms with van der Waals surface area (Å²) in [6.45, 7) is 0.117. The highest BCUT2D eigenvalue weighted by molar-refractivity contribution is 5.95. The number of hydrogen-bond donors (Lipinski definition) is 4. The number of anilines is 1. The topological polar surface area (TPSA) is 146 Å². The van der Waals surface area contributed by atoms with E-state index >= 15 is 0 Å². The van der Waals surface area contributed by atoms with E-state index in [9.17, 15) is 15.0 Å². The van der Waals surface area contributed by atoms with Crippen LogP contribution in [-0.2, 0) is 9.47 Å². The summed E-state index contributed by atoms with van der Waals surface area (Å²) in [4.78, 5) is 14.8. The van der Waals surface area contributed by atoms with Gasteiger partial charge in [-0.2, -0.15) is 0 Å². The fraction of sp³-hybridized carbons (Fsp3) is 0.600. The third-order valence-electron chi connectivity index (χ3n) is 3.01. The van der Waals surface area contributed by atoms with Crippen LogP contribution in [0.25, 0.3) is 0 Å². The molecule has 4 atom stereocenters. The van der Waals surface area contributed by atoms with Crippen LogP contribution in [0, 0.1) is 0 Å². The van der Waals surface area contributed by atoms with Crippen molar-refractivity contribution < 1.29 is 24.5 Å². The molecule has 0 aliphatic carbocycles. The molecule has 1 aliphatic heterocycles. The Labute approximate surface area is 108 Å². The lowest BCUT2D eigenvalue weighted by Gasteiger charge is -2.17. The molecular formula is C10H16N4O5. The van der Waals surface area contributed by atoms with Crippen molar-refractivity contribution in [2.24, 2.45) is 5.73 Å². The lowest BCUT2D eigenvalue weighted by molar-refractivity contribution is -0.0586. The number of aromatic nitrogens is 2. The van der Waals surface area contributed by atoms with Crippen molar-refractivity contribution >= 4 is 11.7 Å². The smallest absolute Gasteiger partial charge is 0.271 e. The number of aliphatic hydroxyl groups excluding tert-OH is 2. The second-order valence-corrected chi connectivity index (χ2v) is 4.25. The van der Waals surface area contributed by atoms with E-state index < -0.39 is 30.4 Å². The normalized spacial score (nSPS) is 30.7. The molecule has 106 valence electrons. The number of nitrogens with two attached hydrogens (primary N) is 2. The monoisotopic (exact) mass is 272 g/mol. The summed E-state index contributed by atoms with van der Waals surface area (Å²) in [5, 5.41) is 19.7. The van der Waals surface area contributed by atoms with Gasteiger partial charge in [0.25, 0.3) is 5.91 Å². The molecule has 1 aromatic heterocycles. The van der Waals surface area contributed by atoms with Crippen LogP contribution in [0.15, 0.2) is 6.33 Å². The van der Waals surface area contributed by atoms with Crippen LogP contribution in [0.5, 0.6) is 0 Å². The quantitative estimate of drug-likeness (QED) is 0.487. The molecule has 1 fully saturated rings. The number of amides is 1. The number of carbonyl (C=O) groups is 1. The van der Waals surface area contributed by atoms with Gasteiger partial charge in [0.2, 0.25) is 0 Å². The van der Waals surface area contributed by atoms with Gasteiger partial charge in [-0.3, -0.25) is 9.36 Å². The van der Waals surface area contributed by atoms with Gasteiger partial charge in [-0.1, -0.05) is 0 Å². The summed E-state index contributed by atoms with van der Waals surface area (Å²) in [5.41, 5.74) is 10.7. The maximum Gasteiger partial charge on any atom is 0.271 e. The maximum atomic E-state index is 11.1. The van der Waals surface area contributed by atoms with Gasteiger partial charge in [0.15, 0.2) is 11.9 Å².